The monoisotopic (exact) mass is 539 g/mol. The molecule has 3 atom stereocenters. The molecule has 0 radical (unpaired) electrons. The number of carbonyl (C=O) groups excluding carboxylic acids is 2. The highest BCUT2D eigenvalue weighted by Crippen LogP contribution is 2.48. The predicted molar refractivity (Wildman–Crippen MR) is 152 cm³/mol. The Morgan fingerprint density at radius 1 is 0.875 bits per heavy atom. The van der Waals surface area contributed by atoms with Gasteiger partial charge in [-0.05, 0) is 60.2 Å². The van der Waals surface area contributed by atoms with Gasteiger partial charge in [0, 0.05) is 29.3 Å². The first-order valence-corrected chi connectivity index (χ1v) is 13.3. The van der Waals surface area contributed by atoms with Crippen molar-refractivity contribution in [3.8, 4) is 17.2 Å². The van der Waals surface area contributed by atoms with Crippen LogP contribution in [0.4, 0.5) is 0 Å². The normalized spacial score (nSPS) is 20.4. The molecule has 1 aliphatic heterocycles. The van der Waals surface area contributed by atoms with Crippen molar-refractivity contribution < 1.29 is 28.5 Å². The Morgan fingerprint density at radius 2 is 1.60 bits per heavy atom. The Balaban J connectivity index is 1.51. The van der Waals surface area contributed by atoms with E-state index in [1.807, 2.05) is 79.7 Å². The van der Waals surface area contributed by atoms with E-state index in [9.17, 15) is 9.59 Å². The minimum atomic E-state index is -0.717. The fraction of sp³-hybridized carbons (Fsp3) is 0.303. The number of benzene rings is 3. The lowest BCUT2D eigenvalue weighted by atomic mass is 9.69. The SMILES string of the molecule is COC(=O)C1C(C)=NC2=C(C(=O)C[C@H](c3ccc(OC)cc3)C2)[C@H]1c1ccc(OCc2ccccc2)c(OC)c1. The van der Waals surface area contributed by atoms with Gasteiger partial charge in [0.1, 0.15) is 18.3 Å². The number of rotatable bonds is 8. The smallest absolute Gasteiger partial charge is 0.315 e. The molecule has 1 aliphatic carbocycles. The van der Waals surface area contributed by atoms with Crippen LogP contribution in [0.2, 0.25) is 0 Å². The quantitative estimate of drug-likeness (QED) is 0.325. The van der Waals surface area contributed by atoms with E-state index in [-0.39, 0.29) is 11.7 Å². The van der Waals surface area contributed by atoms with Crippen molar-refractivity contribution in [3.63, 3.8) is 0 Å². The van der Waals surface area contributed by atoms with Crippen LogP contribution in [0, 0.1) is 5.92 Å². The first-order valence-electron chi connectivity index (χ1n) is 13.3. The molecule has 0 bridgehead atoms. The maximum absolute atomic E-state index is 13.8. The van der Waals surface area contributed by atoms with Crippen LogP contribution in [-0.4, -0.2) is 38.8 Å². The summed E-state index contributed by atoms with van der Waals surface area (Å²) in [7, 11) is 4.57. The molecule has 1 unspecified atom stereocenters. The zero-order valence-corrected chi connectivity index (χ0v) is 23.2. The van der Waals surface area contributed by atoms with Crippen LogP contribution in [0.3, 0.4) is 0 Å². The second kappa shape index (κ2) is 11.8. The van der Waals surface area contributed by atoms with Crippen molar-refractivity contribution in [1.82, 2.24) is 0 Å². The molecular formula is C33H33NO6. The molecule has 3 aromatic rings. The summed E-state index contributed by atoms with van der Waals surface area (Å²) in [6.45, 7) is 2.21. The van der Waals surface area contributed by atoms with Crippen molar-refractivity contribution >= 4 is 17.5 Å². The van der Waals surface area contributed by atoms with E-state index in [1.54, 1.807) is 14.2 Å². The molecule has 40 heavy (non-hydrogen) atoms. The summed E-state index contributed by atoms with van der Waals surface area (Å²) in [5.41, 5.74) is 4.79. The number of carbonyl (C=O) groups is 2. The third-order valence-electron chi connectivity index (χ3n) is 7.71. The van der Waals surface area contributed by atoms with Crippen molar-refractivity contribution in [2.75, 3.05) is 21.3 Å². The molecule has 5 rings (SSSR count). The van der Waals surface area contributed by atoms with E-state index in [2.05, 4.69) is 0 Å². The van der Waals surface area contributed by atoms with Gasteiger partial charge in [0.25, 0.3) is 0 Å². The second-order valence-electron chi connectivity index (χ2n) is 10.1. The molecule has 0 aromatic heterocycles. The van der Waals surface area contributed by atoms with Gasteiger partial charge < -0.3 is 18.9 Å². The Bertz CT molecular complexity index is 1460. The zero-order chi connectivity index (χ0) is 28.2. The Labute approximate surface area is 234 Å². The van der Waals surface area contributed by atoms with Gasteiger partial charge in [0.2, 0.25) is 0 Å². The fourth-order valence-corrected chi connectivity index (χ4v) is 5.70. The van der Waals surface area contributed by atoms with Gasteiger partial charge in [-0.3, -0.25) is 14.6 Å². The molecule has 0 saturated heterocycles. The molecule has 0 N–H and O–H groups in total. The number of esters is 1. The average Bonchev–Trinajstić information content (AvgIpc) is 2.99. The Kier molecular flexibility index (Phi) is 8.01. The van der Waals surface area contributed by atoms with E-state index in [1.165, 1.54) is 7.11 Å². The molecule has 1 heterocycles. The molecule has 7 nitrogen and oxygen atoms in total. The topological polar surface area (TPSA) is 83.4 Å². The molecule has 0 fully saturated rings. The first-order chi connectivity index (χ1) is 19.4. The molecule has 0 spiro atoms. The third kappa shape index (κ3) is 5.37. The molecule has 3 aromatic carbocycles. The summed E-state index contributed by atoms with van der Waals surface area (Å²) in [6, 6.07) is 23.3. The molecule has 0 amide bonds. The first kappa shape index (κ1) is 27.2. The average molecular weight is 540 g/mol. The van der Waals surface area contributed by atoms with Gasteiger partial charge in [-0.2, -0.15) is 0 Å². The van der Waals surface area contributed by atoms with Crippen LogP contribution in [0.5, 0.6) is 17.2 Å². The number of aliphatic imine (C=N–C) groups is 1. The van der Waals surface area contributed by atoms with Crippen LogP contribution in [0.1, 0.15) is 48.3 Å². The van der Waals surface area contributed by atoms with Gasteiger partial charge in [-0.25, -0.2) is 0 Å². The molecule has 0 saturated carbocycles. The number of nitrogens with zero attached hydrogens (tertiary/aromatic N) is 1. The van der Waals surface area contributed by atoms with Crippen LogP contribution in [0.15, 0.2) is 89.1 Å². The second-order valence-corrected chi connectivity index (χ2v) is 10.1. The van der Waals surface area contributed by atoms with E-state index >= 15 is 0 Å². The van der Waals surface area contributed by atoms with E-state index in [0.717, 1.165) is 28.1 Å². The maximum Gasteiger partial charge on any atom is 0.315 e. The number of methoxy groups -OCH3 is 3. The number of ketones is 1. The van der Waals surface area contributed by atoms with E-state index in [4.69, 9.17) is 23.9 Å². The van der Waals surface area contributed by atoms with Crippen molar-refractivity contribution in [3.05, 3.63) is 101 Å². The van der Waals surface area contributed by atoms with Crippen molar-refractivity contribution in [2.24, 2.45) is 10.9 Å². The van der Waals surface area contributed by atoms with E-state index < -0.39 is 17.8 Å². The van der Waals surface area contributed by atoms with Crippen molar-refractivity contribution in [2.45, 2.75) is 38.2 Å². The van der Waals surface area contributed by atoms with Gasteiger partial charge in [0.15, 0.2) is 17.3 Å². The minimum absolute atomic E-state index is 0.00710. The lowest BCUT2D eigenvalue weighted by Gasteiger charge is -2.36. The highest BCUT2D eigenvalue weighted by Gasteiger charge is 2.44. The number of hydrogen-bond donors (Lipinski definition) is 0. The molecule has 206 valence electrons. The summed E-state index contributed by atoms with van der Waals surface area (Å²) in [4.78, 5) is 31.7. The van der Waals surface area contributed by atoms with Crippen molar-refractivity contribution in [1.29, 1.82) is 0 Å². The molecular weight excluding hydrogens is 506 g/mol. The lowest BCUT2D eigenvalue weighted by Crippen LogP contribution is -2.37. The molecule has 2 aliphatic rings. The standard InChI is InChI=1S/C33H33NO6/c1-20-30(33(36)39-4)31(23-12-15-28(29(18-23)38-3)40-19-21-8-6-5-7-9-21)32-26(34-20)16-24(17-27(32)35)22-10-13-25(37-2)14-11-22/h5-15,18,24,30-31H,16-17,19H2,1-4H3/t24-,30?,31+/m1/s1. The van der Waals surface area contributed by atoms with Gasteiger partial charge in [0.05, 0.1) is 21.3 Å². The highest BCUT2D eigenvalue weighted by atomic mass is 16.5. The number of ether oxygens (including phenoxy) is 4. The minimum Gasteiger partial charge on any atom is -0.497 e. The van der Waals surface area contributed by atoms with E-state index in [0.29, 0.717) is 42.2 Å². The van der Waals surface area contributed by atoms with Crippen LogP contribution >= 0.6 is 0 Å². The summed E-state index contributed by atoms with van der Waals surface area (Å²) >= 11 is 0. The Hall–Kier alpha value is -4.39. The van der Waals surface area contributed by atoms with Gasteiger partial charge in [-0.1, -0.05) is 48.5 Å². The van der Waals surface area contributed by atoms with Gasteiger partial charge in [-0.15, -0.1) is 0 Å². The van der Waals surface area contributed by atoms with Gasteiger partial charge >= 0.3 is 5.97 Å². The van der Waals surface area contributed by atoms with Crippen LogP contribution in [-0.2, 0) is 20.9 Å². The summed E-state index contributed by atoms with van der Waals surface area (Å²) in [5, 5.41) is 0. The summed E-state index contributed by atoms with van der Waals surface area (Å²) in [5.74, 6) is 0.170. The largest absolute Gasteiger partial charge is 0.497 e. The lowest BCUT2D eigenvalue weighted by molar-refractivity contribution is -0.143. The summed E-state index contributed by atoms with van der Waals surface area (Å²) in [6.07, 6.45) is 0.935. The highest BCUT2D eigenvalue weighted by molar-refractivity contribution is 6.09. The number of Topliss-reactive ketones (excluding diaryl/α,β-unsaturated/α-hetero) is 1. The Morgan fingerprint density at radius 3 is 2.27 bits per heavy atom. The number of hydrogen-bond acceptors (Lipinski definition) is 7. The zero-order valence-electron chi connectivity index (χ0n) is 23.2. The molecule has 7 heteroatoms. The predicted octanol–water partition coefficient (Wildman–Crippen LogP) is 6.03. The summed E-state index contributed by atoms with van der Waals surface area (Å²) < 4.78 is 22.2. The van der Waals surface area contributed by atoms with Crippen LogP contribution in [0.25, 0.3) is 0 Å². The fourth-order valence-electron chi connectivity index (χ4n) is 5.70. The van der Waals surface area contributed by atoms with Crippen LogP contribution < -0.4 is 14.2 Å². The third-order valence-corrected chi connectivity index (χ3v) is 7.71. The maximum atomic E-state index is 13.8. The number of allylic oxidation sites excluding steroid dienone is 2.